The number of benzene rings is 4. The Kier molecular flexibility index (Phi) is 20.6. The Morgan fingerprint density at radius 2 is 0.583 bits per heavy atom. The summed E-state index contributed by atoms with van der Waals surface area (Å²) in [5.41, 5.74) is 3.05. The fourth-order valence-corrected chi connectivity index (χ4v) is 10.5. The van der Waals surface area contributed by atoms with Crippen LogP contribution in [-0.4, -0.2) is 139 Å². The monoisotopic (exact) mass is 1070 g/mol. The summed E-state index contributed by atoms with van der Waals surface area (Å²) in [4.78, 5) is 60.3. The molecule has 0 N–H and O–H groups in total. The third-order valence-corrected chi connectivity index (χ3v) is 15.4. The molecule has 4 aromatic carbocycles. The van der Waals surface area contributed by atoms with Crippen LogP contribution in [0.4, 0.5) is 0 Å². The molecule has 4 aromatic rings. The summed E-state index contributed by atoms with van der Waals surface area (Å²) in [6.45, 7) is 16.5. The summed E-state index contributed by atoms with van der Waals surface area (Å²) in [5.74, 6) is -0.428. The van der Waals surface area contributed by atoms with Crippen LogP contribution >= 0.6 is 21.4 Å². The number of fused-ring (bicyclic) bond motifs is 8. The van der Waals surface area contributed by atoms with Crippen molar-refractivity contribution in [1.29, 1.82) is 0 Å². The molecule has 0 atom stereocenters. The average molecular weight is 1070 g/mol. The van der Waals surface area contributed by atoms with Crippen LogP contribution in [0.25, 0.3) is 0 Å². The lowest BCUT2D eigenvalue weighted by molar-refractivity contribution is -0.133. The van der Waals surface area contributed by atoms with Crippen molar-refractivity contribution in [2.75, 3.05) is 78.8 Å². The highest BCUT2D eigenvalue weighted by atomic mass is 35.7. The highest BCUT2D eigenvalue weighted by Crippen LogP contribution is 2.41. The van der Waals surface area contributed by atoms with E-state index in [0.717, 1.165) is 0 Å². The Labute approximate surface area is 433 Å². The summed E-state index contributed by atoms with van der Waals surface area (Å²) < 4.78 is 79.6. The van der Waals surface area contributed by atoms with E-state index in [9.17, 15) is 36.0 Å². The van der Waals surface area contributed by atoms with Gasteiger partial charge in [-0.2, -0.15) is 0 Å². The topological polar surface area (TPSA) is 186 Å². The normalized spacial score (nSPS) is 12.4. The summed E-state index contributed by atoms with van der Waals surface area (Å²) in [6, 6.07) is 15.9. The maximum absolute atomic E-state index is 13.6. The summed E-state index contributed by atoms with van der Waals surface area (Å²) >= 11 is 0. The molecule has 0 aliphatic heterocycles. The Hall–Kier alpha value is -5.56. The molecule has 0 heterocycles. The Morgan fingerprint density at radius 3 is 0.764 bits per heavy atom. The standard InChI is InChI=1S/C52H66Cl2N4O12S2/c1-9-55(10-2)45(59)31-67-49-35-19-17-20-36(49)24-40-28-44(72(54,65)66)30-42(52(40)70-34-48(62)58(15-7)16-8)26-38-22-18-21-37(50(38)68-32-46(60)56(11-3)12-4)25-41-29-43(71(53,63)64)27-39(23-35)51(41)69-33-47(61)57(13-5)14-6/h17-22,27-30H,9-16,23-26,31-34H2,1-8H3. The van der Waals surface area contributed by atoms with Gasteiger partial charge >= 0.3 is 0 Å². The molecule has 16 nitrogen and oxygen atoms in total. The van der Waals surface area contributed by atoms with Gasteiger partial charge in [0, 0.05) is 122 Å². The maximum Gasteiger partial charge on any atom is 0.261 e. The zero-order valence-electron chi connectivity index (χ0n) is 42.3. The van der Waals surface area contributed by atoms with Crippen molar-refractivity contribution in [2.24, 2.45) is 0 Å². The van der Waals surface area contributed by atoms with Gasteiger partial charge in [0.05, 0.1) is 9.79 Å². The van der Waals surface area contributed by atoms with Gasteiger partial charge in [-0.1, -0.05) is 36.4 Å². The van der Waals surface area contributed by atoms with Crippen LogP contribution < -0.4 is 18.9 Å². The van der Waals surface area contributed by atoms with Crippen LogP contribution in [0.15, 0.2) is 70.5 Å². The SMILES string of the molecule is CCN(CC)C(=O)COc1c2cccc1Cc1cc(S(=O)(=O)Cl)cc(c1OCC(=O)N(CC)CC)Cc1cccc(c1OCC(=O)N(CC)CC)Cc1cc(S(=O)(=O)Cl)cc(c1OCC(=O)N(CC)CC)C2. The molecule has 0 saturated carbocycles. The number of nitrogens with zero attached hydrogens (tertiary/aromatic N) is 4. The molecule has 392 valence electrons. The van der Waals surface area contributed by atoms with Gasteiger partial charge in [-0.25, -0.2) is 16.8 Å². The first kappa shape index (κ1) is 57.3. The average Bonchev–Trinajstić information content (AvgIpc) is 3.33. The Bertz CT molecular complexity index is 2550. The van der Waals surface area contributed by atoms with E-state index in [4.69, 9.17) is 40.3 Å². The minimum absolute atomic E-state index is 0.0878. The highest BCUT2D eigenvalue weighted by Gasteiger charge is 2.28. The molecule has 0 radical (unpaired) electrons. The van der Waals surface area contributed by atoms with Gasteiger partial charge in [-0.15, -0.1) is 0 Å². The van der Waals surface area contributed by atoms with Crippen molar-refractivity contribution in [1.82, 2.24) is 19.6 Å². The number of carbonyl (C=O) groups excluding carboxylic acids is 4. The van der Waals surface area contributed by atoms with Gasteiger partial charge in [-0.05, 0) is 102 Å². The summed E-state index contributed by atoms with van der Waals surface area (Å²) in [7, 11) is 3.49. The molecule has 20 heteroatoms. The molecule has 8 bridgehead atoms. The number of para-hydroxylation sites is 2. The smallest absolute Gasteiger partial charge is 0.261 e. The van der Waals surface area contributed by atoms with Crippen molar-refractivity contribution < 1.29 is 55.0 Å². The number of halogens is 2. The molecule has 0 spiro atoms. The van der Waals surface area contributed by atoms with Gasteiger partial charge in [0.15, 0.2) is 26.4 Å². The predicted molar refractivity (Wildman–Crippen MR) is 277 cm³/mol. The van der Waals surface area contributed by atoms with E-state index >= 15 is 0 Å². The summed E-state index contributed by atoms with van der Waals surface area (Å²) in [6.07, 6.45) is -0.351. The fraction of sp³-hybridized carbons (Fsp3) is 0.462. The lowest BCUT2D eigenvalue weighted by Gasteiger charge is -2.25. The van der Waals surface area contributed by atoms with E-state index in [-0.39, 0.29) is 82.1 Å². The second kappa shape index (κ2) is 25.9. The molecule has 5 rings (SSSR count). The maximum atomic E-state index is 13.6. The molecule has 0 fully saturated rings. The lowest BCUT2D eigenvalue weighted by atomic mass is 9.91. The minimum Gasteiger partial charge on any atom is -0.483 e. The fourth-order valence-electron chi connectivity index (χ4n) is 8.85. The van der Waals surface area contributed by atoms with Gasteiger partial charge in [-0.3, -0.25) is 19.2 Å². The number of likely N-dealkylation sites (N-methyl/N-ethyl adjacent to an activating group) is 4. The second-order valence-electron chi connectivity index (χ2n) is 17.0. The molecular formula is C52H66Cl2N4O12S2. The molecule has 72 heavy (non-hydrogen) atoms. The van der Waals surface area contributed by atoms with Gasteiger partial charge < -0.3 is 38.5 Å². The quantitative estimate of drug-likeness (QED) is 0.0636. The minimum atomic E-state index is -4.41. The van der Waals surface area contributed by atoms with E-state index in [0.29, 0.717) is 96.9 Å². The van der Waals surface area contributed by atoms with E-state index in [1.54, 1.807) is 56.0 Å². The molecule has 0 aromatic heterocycles. The van der Waals surface area contributed by atoms with Crippen LogP contribution in [0, 0.1) is 0 Å². The zero-order valence-corrected chi connectivity index (χ0v) is 45.5. The van der Waals surface area contributed by atoms with Gasteiger partial charge in [0.1, 0.15) is 23.0 Å². The number of ether oxygens (including phenoxy) is 4. The van der Waals surface area contributed by atoms with Crippen molar-refractivity contribution in [3.8, 4) is 23.0 Å². The second-order valence-corrected chi connectivity index (χ2v) is 22.1. The lowest BCUT2D eigenvalue weighted by Crippen LogP contribution is -2.35. The molecule has 0 unspecified atom stereocenters. The van der Waals surface area contributed by atoms with Crippen LogP contribution in [0.3, 0.4) is 0 Å². The Balaban J connectivity index is 1.91. The van der Waals surface area contributed by atoms with E-state index in [1.165, 1.54) is 24.3 Å². The van der Waals surface area contributed by atoms with Gasteiger partial charge in [0.2, 0.25) is 0 Å². The molecule has 0 saturated heterocycles. The van der Waals surface area contributed by atoms with E-state index < -0.39 is 44.5 Å². The molecular weight excluding hydrogens is 1010 g/mol. The first-order valence-electron chi connectivity index (χ1n) is 24.3. The highest BCUT2D eigenvalue weighted by molar-refractivity contribution is 8.14. The van der Waals surface area contributed by atoms with Crippen molar-refractivity contribution in [3.63, 3.8) is 0 Å². The first-order chi connectivity index (χ1) is 34.2. The number of hydrogen-bond acceptors (Lipinski definition) is 12. The third kappa shape index (κ3) is 14.3. The number of hydrogen-bond donors (Lipinski definition) is 0. The van der Waals surface area contributed by atoms with Crippen molar-refractivity contribution >= 4 is 63.1 Å². The van der Waals surface area contributed by atoms with E-state index in [1.807, 2.05) is 55.4 Å². The molecule has 1 aliphatic rings. The number of rotatable bonds is 22. The third-order valence-electron chi connectivity index (χ3n) is 12.7. The van der Waals surface area contributed by atoms with Crippen LogP contribution in [0.5, 0.6) is 23.0 Å². The number of amides is 4. The van der Waals surface area contributed by atoms with Crippen LogP contribution in [0.1, 0.15) is 99.9 Å². The van der Waals surface area contributed by atoms with Crippen LogP contribution in [-0.2, 0) is 63.0 Å². The van der Waals surface area contributed by atoms with E-state index in [2.05, 4.69) is 0 Å². The summed E-state index contributed by atoms with van der Waals surface area (Å²) in [5, 5.41) is 0. The largest absolute Gasteiger partial charge is 0.483 e. The first-order valence-corrected chi connectivity index (χ1v) is 28.9. The molecule has 1 aliphatic carbocycles. The number of carbonyl (C=O) groups is 4. The van der Waals surface area contributed by atoms with Crippen molar-refractivity contribution in [2.45, 2.75) is 90.9 Å². The van der Waals surface area contributed by atoms with Gasteiger partial charge in [0.25, 0.3) is 41.7 Å². The zero-order chi connectivity index (χ0) is 52.9. The van der Waals surface area contributed by atoms with Crippen molar-refractivity contribution in [3.05, 3.63) is 105 Å². The molecule has 4 amide bonds. The predicted octanol–water partition coefficient (Wildman–Crippen LogP) is 7.21. The van der Waals surface area contributed by atoms with Crippen LogP contribution in [0.2, 0.25) is 0 Å². The Morgan fingerprint density at radius 1 is 0.389 bits per heavy atom.